The maximum atomic E-state index is 13.1. The number of nitrogen functional groups attached to an aromatic ring is 1. The summed E-state index contributed by atoms with van der Waals surface area (Å²) in [4.78, 5) is 27.2. The van der Waals surface area contributed by atoms with Crippen LogP contribution in [0.1, 0.15) is 16.1 Å². The minimum absolute atomic E-state index is 0.125. The van der Waals surface area contributed by atoms with Gasteiger partial charge < -0.3 is 19.9 Å². The first-order valence-electron chi connectivity index (χ1n) is 8.39. The highest BCUT2D eigenvalue weighted by molar-refractivity contribution is 6.09. The Bertz CT molecular complexity index is 1120. The summed E-state index contributed by atoms with van der Waals surface area (Å²) in [6.07, 6.45) is 0. The van der Waals surface area contributed by atoms with Gasteiger partial charge >= 0.3 is 0 Å². The number of aromatic nitrogens is 3. The maximum Gasteiger partial charge on any atom is 0.278 e. The summed E-state index contributed by atoms with van der Waals surface area (Å²) in [5, 5.41) is 4.34. The highest BCUT2D eigenvalue weighted by atomic mass is 19.1. The summed E-state index contributed by atoms with van der Waals surface area (Å²) in [7, 11) is 2.96. The van der Waals surface area contributed by atoms with E-state index in [9.17, 15) is 14.0 Å². The second kappa shape index (κ2) is 6.11. The summed E-state index contributed by atoms with van der Waals surface area (Å²) in [6.45, 7) is 1.19. The Morgan fingerprint density at radius 1 is 1.22 bits per heavy atom. The Morgan fingerprint density at radius 2 is 1.93 bits per heavy atom. The Labute approximate surface area is 153 Å². The number of carbonyl (C=O) groups is 1. The number of anilines is 1. The van der Waals surface area contributed by atoms with E-state index in [1.807, 2.05) is 0 Å². The van der Waals surface area contributed by atoms with Crippen LogP contribution in [0, 0.1) is 5.82 Å². The van der Waals surface area contributed by atoms with Crippen LogP contribution >= 0.6 is 0 Å². The Balaban J connectivity index is 1.82. The smallest absolute Gasteiger partial charge is 0.278 e. The predicted molar refractivity (Wildman–Crippen MR) is 97.1 cm³/mol. The molecule has 3 aromatic rings. The number of benzene rings is 1. The molecule has 1 aromatic carbocycles. The van der Waals surface area contributed by atoms with Gasteiger partial charge in [-0.15, -0.1) is 5.10 Å². The van der Waals surface area contributed by atoms with E-state index in [1.54, 1.807) is 21.6 Å². The number of hydrogen-bond acceptors (Lipinski definition) is 5. The van der Waals surface area contributed by atoms with Crippen molar-refractivity contribution >= 4 is 22.5 Å². The fraction of sp³-hybridized carbons (Fsp3) is 0.278. The average Bonchev–Trinajstić information content (AvgIpc) is 2.96. The van der Waals surface area contributed by atoms with Gasteiger partial charge in [-0.25, -0.2) is 9.07 Å². The van der Waals surface area contributed by atoms with Crippen molar-refractivity contribution in [3.05, 3.63) is 51.7 Å². The number of rotatable bonds is 3. The van der Waals surface area contributed by atoms with Gasteiger partial charge in [0.2, 0.25) is 0 Å². The van der Waals surface area contributed by atoms with Gasteiger partial charge in [0.1, 0.15) is 17.0 Å². The van der Waals surface area contributed by atoms with Crippen LogP contribution in [0.2, 0.25) is 0 Å². The molecule has 4 rings (SSSR count). The number of halogens is 1. The van der Waals surface area contributed by atoms with E-state index in [0.717, 1.165) is 10.2 Å². The zero-order valence-corrected chi connectivity index (χ0v) is 14.9. The van der Waals surface area contributed by atoms with Crippen molar-refractivity contribution < 1.29 is 13.9 Å². The van der Waals surface area contributed by atoms with Gasteiger partial charge in [-0.1, -0.05) is 12.1 Å². The Kier molecular flexibility index (Phi) is 3.87. The number of ether oxygens (including phenoxy) is 1. The molecule has 1 aliphatic rings. The molecule has 1 amide bonds. The van der Waals surface area contributed by atoms with E-state index in [-0.39, 0.29) is 39.9 Å². The number of nitrogens with two attached hydrogens (primary N) is 1. The molecule has 0 fully saturated rings. The van der Waals surface area contributed by atoms with Crippen LogP contribution in [0.3, 0.4) is 0 Å². The molecule has 3 heterocycles. The Morgan fingerprint density at radius 3 is 2.59 bits per heavy atom. The van der Waals surface area contributed by atoms with Gasteiger partial charge in [0.25, 0.3) is 17.3 Å². The number of aryl methyl sites for hydroxylation is 1. The fourth-order valence-corrected chi connectivity index (χ4v) is 3.49. The summed E-state index contributed by atoms with van der Waals surface area (Å²) >= 11 is 0. The molecule has 27 heavy (non-hydrogen) atoms. The van der Waals surface area contributed by atoms with Gasteiger partial charge in [-0.2, -0.15) is 0 Å². The van der Waals surface area contributed by atoms with Crippen molar-refractivity contribution in [2.24, 2.45) is 7.05 Å². The molecule has 0 aliphatic carbocycles. The molecule has 140 valence electrons. The highest BCUT2D eigenvalue weighted by Crippen LogP contribution is 2.34. The minimum Gasteiger partial charge on any atom is -0.478 e. The highest BCUT2D eigenvalue weighted by Gasteiger charge is 2.33. The molecule has 9 heteroatoms. The third-order valence-corrected chi connectivity index (χ3v) is 4.82. The van der Waals surface area contributed by atoms with Crippen LogP contribution in [0.4, 0.5) is 10.1 Å². The van der Waals surface area contributed by atoms with Crippen LogP contribution in [0.15, 0.2) is 29.1 Å². The quantitative estimate of drug-likeness (QED) is 0.744. The van der Waals surface area contributed by atoms with Gasteiger partial charge in [0.15, 0.2) is 0 Å². The molecule has 0 bridgehead atoms. The van der Waals surface area contributed by atoms with Crippen molar-refractivity contribution in [3.63, 3.8) is 0 Å². The molecule has 2 N–H and O–H groups in total. The van der Waals surface area contributed by atoms with Crippen molar-refractivity contribution in [3.8, 4) is 5.88 Å². The van der Waals surface area contributed by atoms with Crippen molar-refractivity contribution in [1.29, 1.82) is 0 Å². The maximum absolute atomic E-state index is 13.1. The van der Waals surface area contributed by atoms with E-state index >= 15 is 0 Å². The fourth-order valence-electron chi connectivity index (χ4n) is 3.49. The van der Waals surface area contributed by atoms with E-state index in [0.29, 0.717) is 25.2 Å². The number of fused-ring (bicyclic) bond motifs is 3. The summed E-state index contributed by atoms with van der Waals surface area (Å²) in [5.74, 6) is -0.378. The largest absolute Gasteiger partial charge is 0.478 e. The topological polar surface area (TPSA) is 95.4 Å². The van der Waals surface area contributed by atoms with E-state index in [4.69, 9.17) is 10.5 Å². The normalized spacial score (nSPS) is 13.9. The van der Waals surface area contributed by atoms with E-state index in [2.05, 4.69) is 5.10 Å². The molecule has 0 saturated heterocycles. The molecule has 1 aliphatic heterocycles. The predicted octanol–water partition coefficient (Wildman–Crippen LogP) is 1.12. The average molecular weight is 371 g/mol. The second-order valence-corrected chi connectivity index (χ2v) is 6.43. The van der Waals surface area contributed by atoms with Gasteiger partial charge in [-0.05, 0) is 17.7 Å². The van der Waals surface area contributed by atoms with Gasteiger partial charge in [-0.3, -0.25) is 9.59 Å². The zero-order valence-electron chi connectivity index (χ0n) is 14.9. The minimum atomic E-state index is -0.386. The molecule has 0 unspecified atom stereocenters. The third kappa shape index (κ3) is 2.54. The number of hydrogen-bond donors (Lipinski definition) is 1. The zero-order chi connectivity index (χ0) is 19.3. The molecular formula is C18H18FN5O3. The summed E-state index contributed by atoms with van der Waals surface area (Å²) in [6, 6.07) is 5.99. The monoisotopic (exact) mass is 371 g/mol. The molecule has 0 atom stereocenters. The number of nitrogens with zero attached hydrogens (tertiary/aromatic N) is 4. The van der Waals surface area contributed by atoms with Crippen LogP contribution < -0.4 is 16.0 Å². The number of carbonyl (C=O) groups excluding carboxylic acids is 1. The standard InChI is InChI=1S/C18H18FN5O3/c1-22-17(25)12-13(20)15-18(26)23(9-10-3-5-11(19)6-4-10)7-8-24(15)14(12)16(21-22)27-2/h3-6H,7-9,20H2,1-2H3. The lowest BCUT2D eigenvalue weighted by Crippen LogP contribution is -2.39. The number of methoxy groups -OCH3 is 1. The number of amides is 1. The lowest BCUT2D eigenvalue weighted by Gasteiger charge is -2.29. The molecule has 0 radical (unpaired) electrons. The lowest BCUT2D eigenvalue weighted by atomic mass is 10.1. The van der Waals surface area contributed by atoms with Crippen molar-refractivity contribution in [2.45, 2.75) is 13.1 Å². The summed E-state index contributed by atoms with van der Waals surface area (Å²) in [5.41, 5.74) is 7.44. The molecule has 0 spiro atoms. The van der Waals surface area contributed by atoms with Crippen molar-refractivity contribution in [2.75, 3.05) is 19.4 Å². The van der Waals surface area contributed by atoms with Crippen LogP contribution in [-0.2, 0) is 20.1 Å². The first-order valence-corrected chi connectivity index (χ1v) is 8.39. The lowest BCUT2D eigenvalue weighted by molar-refractivity contribution is 0.0694. The van der Waals surface area contributed by atoms with Crippen molar-refractivity contribution in [1.82, 2.24) is 19.2 Å². The molecule has 0 saturated carbocycles. The summed E-state index contributed by atoms with van der Waals surface area (Å²) < 4.78 is 21.2. The third-order valence-electron chi connectivity index (χ3n) is 4.82. The first kappa shape index (κ1) is 17.1. The molecule has 8 nitrogen and oxygen atoms in total. The first-order chi connectivity index (χ1) is 12.9. The van der Waals surface area contributed by atoms with E-state index in [1.165, 1.54) is 26.3 Å². The van der Waals surface area contributed by atoms with Crippen LogP contribution in [0.25, 0.3) is 10.9 Å². The molecular weight excluding hydrogens is 353 g/mol. The second-order valence-electron chi connectivity index (χ2n) is 6.43. The van der Waals surface area contributed by atoms with Crippen LogP contribution in [0.5, 0.6) is 5.88 Å². The SMILES string of the molecule is COc1nn(C)c(=O)c2c(N)c3n(c12)CCN(Cc1ccc(F)cc1)C3=O. The molecule has 2 aromatic heterocycles. The van der Waals surface area contributed by atoms with Gasteiger partial charge in [0.05, 0.1) is 18.2 Å². The van der Waals surface area contributed by atoms with Gasteiger partial charge in [0, 0.05) is 26.7 Å². The van der Waals surface area contributed by atoms with E-state index < -0.39 is 0 Å². The Hall–Kier alpha value is -3.36. The van der Waals surface area contributed by atoms with Crippen LogP contribution in [-0.4, -0.2) is 38.8 Å².